The van der Waals surface area contributed by atoms with Crippen molar-refractivity contribution in [1.29, 1.82) is 0 Å². The lowest BCUT2D eigenvalue weighted by Gasteiger charge is -2.38. The summed E-state index contributed by atoms with van der Waals surface area (Å²) >= 11 is 5.81. The van der Waals surface area contributed by atoms with Gasteiger partial charge in [0.1, 0.15) is 5.60 Å². The van der Waals surface area contributed by atoms with Crippen LogP contribution in [0.25, 0.3) is 0 Å². The Morgan fingerprint density at radius 2 is 1.62 bits per heavy atom. The lowest BCUT2D eigenvalue weighted by atomic mass is 10.2. The molecule has 154 valence electrons. The van der Waals surface area contributed by atoms with Crippen molar-refractivity contribution < 1.29 is 23.6 Å². The van der Waals surface area contributed by atoms with E-state index in [4.69, 9.17) is 25.8 Å². The molecular formula is C17H35N2O5PS. The van der Waals surface area contributed by atoms with Crippen LogP contribution in [0.3, 0.4) is 0 Å². The van der Waals surface area contributed by atoms with E-state index in [2.05, 4.69) is 10.4 Å². The molecule has 0 aromatic heterocycles. The lowest BCUT2D eigenvalue weighted by molar-refractivity contribution is -0.141. The fourth-order valence-corrected chi connectivity index (χ4v) is 6.40. The number of esters is 1. The van der Waals surface area contributed by atoms with Gasteiger partial charge in [-0.05, 0) is 66.2 Å². The third-order valence-electron chi connectivity index (χ3n) is 2.82. The van der Waals surface area contributed by atoms with E-state index in [1.165, 1.54) is 0 Å². The summed E-state index contributed by atoms with van der Waals surface area (Å²) in [6.45, 7) is 16.8. The normalized spacial score (nSPS) is 15.9. The summed E-state index contributed by atoms with van der Waals surface area (Å²) < 4.78 is 16.5. The van der Waals surface area contributed by atoms with Crippen molar-refractivity contribution in [3.8, 4) is 0 Å². The second-order valence-electron chi connectivity index (χ2n) is 8.28. The molecule has 0 spiro atoms. The average molecular weight is 411 g/mol. The standard InChI is InChI=1S/C17H35N2O5PS/c1-10-22-13(20)11-18-25(26,24-17(7,8)9)14(12(2)3)19-15(21)23-16(4,5)6/h12,14H,10-11H2,1-9H3,(H,18,26)(H,19,21). The fourth-order valence-electron chi connectivity index (χ4n) is 2.05. The minimum atomic E-state index is -2.83. The molecule has 7 nitrogen and oxygen atoms in total. The number of nitrogens with one attached hydrogen (secondary N) is 2. The van der Waals surface area contributed by atoms with Crippen molar-refractivity contribution in [3.05, 3.63) is 0 Å². The molecule has 0 aliphatic heterocycles. The van der Waals surface area contributed by atoms with E-state index in [9.17, 15) is 9.59 Å². The van der Waals surface area contributed by atoms with Crippen molar-refractivity contribution in [2.75, 3.05) is 13.2 Å². The number of hydrogen-bond donors (Lipinski definition) is 2. The molecule has 0 aromatic rings. The van der Waals surface area contributed by atoms with E-state index in [0.717, 1.165) is 0 Å². The molecule has 0 heterocycles. The molecule has 9 heteroatoms. The molecule has 0 saturated heterocycles. The van der Waals surface area contributed by atoms with Crippen LogP contribution in [0.5, 0.6) is 0 Å². The Morgan fingerprint density at radius 1 is 1.08 bits per heavy atom. The molecule has 0 aliphatic rings. The number of carbonyl (C=O) groups excluding carboxylic acids is 2. The Morgan fingerprint density at radius 3 is 2.00 bits per heavy atom. The summed E-state index contributed by atoms with van der Waals surface area (Å²) in [6.07, 6.45) is -3.40. The van der Waals surface area contributed by atoms with Crippen LogP contribution in [0.1, 0.15) is 62.3 Å². The van der Waals surface area contributed by atoms with Gasteiger partial charge in [-0.2, -0.15) is 0 Å². The van der Waals surface area contributed by atoms with Crippen molar-refractivity contribution in [2.45, 2.75) is 79.3 Å². The second kappa shape index (κ2) is 10.0. The topological polar surface area (TPSA) is 85.9 Å². The number of ether oxygens (including phenoxy) is 2. The maximum Gasteiger partial charge on any atom is 0.408 e. The van der Waals surface area contributed by atoms with Gasteiger partial charge in [0.2, 0.25) is 0 Å². The van der Waals surface area contributed by atoms with Gasteiger partial charge in [0.05, 0.1) is 24.5 Å². The van der Waals surface area contributed by atoms with E-state index < -0.39 is 35.5 Å². The maximum atomic E-state index is 12.3. The van der Waals surface area contributed by atoms with Crippen LogP contribution in [0.2, 0.25) is 0 Å². The van der Waals surface area contributed by atoms with Crippen LogP contribution >= 0.6 is 6.42 Å². The van der Waals surface area contributed by atoms with Crippen LogP contribution in [-0.4, -0.2) is 42.2 Å². The molecule has 2 unspecified atom stereocenters. The van der Waals surface area contributed by atoms with Gasteiger partial charge in [-0.25, -0.2) is 4.79 Å². The predicted molar refractivity (Wildman–Crippen MR) is 108 cm³/mol. The minimum absolute atomic E-state index is 0.0367. The Balaban J connectivity index is 5.51. The summed E-state index contributed by atoms with van der Waals surface area (Å²) in [5, 5.41) is 5.88. The van der Waals surface area contributed by atoms with Gasteiger partial charge in [-0.1, -0.05) is 13.8 Å². The van der Waals surface area contributed by atoms with E-state index >= 15 is 0 Å². The summed E-state index contributed by atoms with van der Waals surface area (Å²) in [5.41, 5.74) is -1.18. The van der Waals surface area contributed by atoms with Gasteiger partial charge < -0.3 is 19.3 Å². The van der Waals surface area contributed by atoms with Crippen molar-refractivity contribution in [3.63, 3.8) is 0 Å². The monoisotopic (exact) mass is 410 g/mol. The van der Waals surface area contributed by atoms with Crippen molar-refractivity contribution >= 4 is 30.3 Å². The molecule has 0 bridgehead atoms. The maximum absolute atomic E-state index is 12.3. The highest BCUT2D eigenvalue weighted by Gasteiger charge is 2.38. The smallest absolute Gasteiger partial charge is 0.408 e. The van der Waals surface area contributed by atoms with Crippen LogP contribution < -0.4 is 10.4 Å². The minimum Gasteiger partial charge on any atom is -0.465 e. The molecule has 0 aromatic carbocycles. The van der Waals surface area contributed by atoms with E-state index in [1.807, 2.05) is 34.6 Å². The predicted octanol–water partition coefficient (Wildman–Crippen LogP) is 3.77. The average Bonchev–Trinajstić information content (AvgIpc) is 2.39. The Hall–Kier alpha value is -0.690. The van der Waals surface area contributed by atoms with Crippen molar-refractivity contribution in [1.82, 2.24) is 10.4 Å². The number of rotatable bonds is 8. The van der Waals surface area contributed by atoms with Gasteiger partial charge in [-0.3, -0.25) is 9.88 Å². The first-order chi connectivity index (χ1) is 11.6. The molecule has 0 radical (unpaired) electrons. The summed E-state index contributed by atoms with van der Waals surface area (Å²) in [5.74, 6) is -0.967. The van der Waals surface area contributed by atoms with Gasteiger partial charge in [0.15, 0.2) is 6.42 Å². The third-order valence-corrected chi connectivity index (χ3v) is 6.99. The molecule has 0 saturated carbocycles. The van der Waals surface area contributed by atoms with E-state index in [-0.39, 0.29) is 19.1 Å². The first-order valence-electron chi connectivity index (χ1n) is 8.80. The van der Waals surface area contributed by atoms with Gasteiger partial charge >= 0.3 is 12.1 Å². The zero-order chi connectivity index (χ0) is 20.8. The molecule has 2 atom stereocenters. The number of amides is 1. The largest absolute Gasteiger partial charge is 0.465 e. The van der Waals surface area contributed by atoms with Crippen LogP contribution in [0.4, 0.5) is 4.79 Å². The Kier molecular flexibility index (Phi) is 9.75. The van der Waals surface area contributed by atoms with Gasteiger partial charge in [-0.15, -0.1) is 0 Å². The second-order valence-corrected chi connectivity index (χ2v) is 12.2. The van der Waals surface area contributed by atoms with E-state index in [0.29, 0.717) is 0 Å². The van der Waals surface area contributed by atoms with Crippen LogP contribution in [-0.2, 0) is 30.6 Å². The number of carbonyl (C=O) groups is 2. The highest BCUT2D eigenvalue weighted by molar-refractivity contribution is 8.11. The van der Waals surface area contributed by atoms with Gasteiger partial charge in [0, 0.05) is 0 Å². The highest BCUT2D eigenvalue weighted by atomic mass is 32.4. The molecule has 26 heavy (non-hydrogen) atoms. The quantitative estimate of drug-likeness (QED) is 0.465. The molecule has 2 N–H and O–H groups in total. The first kappa shape index (κ1) is 25.3. The van der Waals surface area contributed by atoms with Crippen molar-refractivity contribution in [2.24, 2.45) is 5.92 Å². The third kappa shape index (κ3) is 10.5. The SMILES string of the molecule is CCOC(=O)CNP(=S)(OC(C)(C)C)C(NC(=O)OC(C)(C)C)C(C)C. The zero-order valence-corrected chi connectivity index (χ0v) is 19.2. The molecule has 0 fully saturated rings. The summed E-state index contributed by atoms with van der Waals surface area (Å²) in [4.78, 5) is 24.1. The zero-order valence-electron chi connectivity index (χ0n) is 17.5. The molecule has 0 rings (SSSR count). The first-order valence-corrected chi connectivity index (χ1v) is 11.6. The fraction of sp³-hybridized carbons (Fsp3) is 0.882. The molecular weight excluding hydrogens is 375 g/mol. The molecule has 1 amide bonds. The summed E-state index contributed by atoms with van der Waals surface area (Å²) in [6, 6.07) is 0. The molecule has 0 aliphatic carbocycles. The van der Waals surface area contributed by atoms with Gasteiger partial charge in [0.25, 0.3) is 0 Å². The Labute approximate surface area is 163 Å². The number of alkyl carbamates (subject to hydrolysis) is 1. The van der Waals surface area contributed by atoms with E-state index in [1.54, 1.807) is 27.7 Å². The van der Waals surface area contributed by atoms with Crippen LogP contribution in [0.15, 0.2) is 0 Å². The summed E-state index contributed by atoms with van der Waals surface area (Å²) in [7, 11) is 0. The Bertz CT molecular complexity index is 526. The van der Waals surface area contributed by atoms with Crippen LogP contribution in [0, 0.1) is 5.92 Å². The number of hydrogen-bond acceptors (Lipinski definition) is 6. The highest BCUT2D eigenvalue weighted by Crippen LogP contribution is 2.52. The lowest BCUT2D eigenvalue weighted by Crippen LogP contribution is -2.46.